The summed E-state index contributed by atoms with van der Waals surface area (Å²) in [6, 6.07) is 6.10. The van der Waals surface area contributed by atoms with Gasteiger partial charge in [0.05, 0.1) is 13.7 Å². The van der Waals surface area contributed by atoms with Crippen molar-refractivity contribution >= 4 is 0 Å². The van der Waals surface area contributed by atoms with Crippen molar-refractivity contribution in [3.63, 3.8) is 0 Å². The first-order chi connectivity index (χ1) is 10.7. The summed E-state index contributed by atoms with van der Waals surface area (Å²) in [5, 5.41) is 3.52. The van der Waals surface area contributed by atoms with Crippen molar-refractivity contribution in [1.82, 2.24) is 5.32 Å². The predicted octanol–water partition coefficient (Wildman–Crippen LogP) is 4.79. The molecule has 1 aromatic rings. The van der Waals surface area contributed by atoms with Gasteiger partial charge in [-0.2, -0.15) is 0 Å². The summed E-state index contributed by atoms with van der Waals surface area (Å²) in [7, 11) is 1.70. The molecule has 3 nitrogen and oxygen atoms in total. The van der Waals surface area contributed by atoms with E-state index < -0.39 is 0 Å². The molecule has 0 radical (unpaired) electrons. The number of hydrogen-bond acceptors (Lipinski definition) is 3. The minimum absolute atomic E-state index is 0.504. The Morgan fingerprint density at radius 1 is 1.09 bits per heavy atom. The highest BCUT2D eigenvalue weighted by atomic mass is 16.5. The number of ether oxygens (including phenoxy) is 2. The van der Waals surface area contributed by atoms with E-state index in [-0.39, 0.29) is 0 Å². The number of rotatable bonds is 12. The van der Waals surface area contributed by atoms with Crippen molar-refractivity contribution in [2.24, 2.45) is 5.92 Å². The van der Waals surface area contributed by atoms with E-state index in [0.717, 1.165) is 24.6 Å². The van der Waals surface area contributed by atoms with Gasteiger partial charge in [0, 0.05) is 12.1 Å². The lowest BCUT2D eigenvalue weighted by Gasteiger charge is -2.16. The molecule has 126 valence electrons. The zero-order chi connectivity index (χ0) is 16.2. The summed E-state index contributed by atoms with van der Waals surface area (Å²) in [6.07, 6.45) is 6.55. The number of unbranched alkanes of at least 4 members (excludes halogenated alkanes) is 4. The first-order valence-corrected chi connectivity index (χ1v) is 8.68. The molecule has 0 aliphatic heterocycles. The largest absolute Gasteiger partial charge is 0.493 e. The molecule has 1 rings (SSSR count). The Morgan fingerprint density at radius 3 is 2.55 bits per heavy atom. The molecule has 0 heterocycles. The van der Waals surface area contributed by atoms with Gasteiger partial charge in [-0.15, -0.1) is 0 Å². The quantitative estimate of drug-likeness (QED) is 0.563. The Balaban J connectivity index is 2.47. The Bertz CT molecular complexity index is 404. The third-order valence-corrected chi connectivity index (χ3v) is 3.61. The number of benzene rings is 1. The second-order valence-electron chi connectivity index (χ2n) is 6.24. The minimum Gasteiger partial charge on any atom is -0.493 e. The molecule has 0 aliphatic carbocycles. The van der Waals surface area contributed by atoms with Crippen LogP contribution in [0.3, 0.4) is 0 Å². The first-order valence-electron chi connectivity index (χ1n) is 8.68. The SMILES string of the molecule is CCCCCCCNCc1cccc(OC)c1OCC(C)C. The second kappa shape index (κ2) is 11.4. The molecule has 22 heavy (non-hydrogen) atoms. The lowest BCUT2D eigenvalue weighted by molar-refractivity contribution is 0.254. The molecule has 0 saturated carbocycles. The Labute approximate surface area is 136 Å². The van der Waals surface area contributed by atoms with Gasteiger partial charge in [0.1, 0.15) is 0 Å². The molecule has 0 amide bonds. The van der Waals surface area contributed by atoms with Crippen molar-refractivity contribution in [3.05, 3.63) is 23.8 Å². The molecule has 1 N–H and O–H groups in total. The van der Waals surface area contributed by atoms with Crippen LogP contribution in [0.1, 0.15) is 58.4 Å². The average molecular weight is 307 g/mol. The van der Waals surface area contributed by atoms with Crippen molar-refractivity contribution in [2.75, 3.05) is 20.3 Å². The van der Waals surface area contributed by atoms with Crippen LogP contribution >= 0.6 is 0 Å². The molecule has 0 aliphatic rings. The lowest BCUT2D eigenvalue weighted by atomic mass is 10.1. The Kier molecular flexibility index (Phi) is 9.72. The lowest BCUT2D eigenvalue weighted by Crippen LogP contribution is -2.16. The van der Waals surface area contributed by atoms with Crippen molar-refractivity contribution in [2.45, 2.75) is 59.4 Å². The standard InChI is InChI=1S/C19H33NO2/c1-5-6-7-8-9-13-20-14-17-11-10-12-18(21-4)19(17)22-15-16(2)3/h10-12,16,20H,5-9,13-15H2,1-4H3. The van der Waals surface area contributed by atoms with Gasteiger partial charge in [-0.3, -0.25) is 0 Å². The fourth-order valence-corrected chi connectivity index (χ4v) is 2.35. The van der Waals surface area contributed by atoms with Crippen LogP contribution in [-0.4, -0.2) is 20.3 Å². The Hall–Kier alpha value is -1.22. The van der Waals surface area contributed by atoms with E-state index in [1.165, 1.54) is 37.7 Å². The van der Waals surface area contributed by atoms with Crippen molar-refractivity contribution < 1.29 is 9.47 Å². The number of hydrogen-bond donors (Lipinski definition) is 1. The number of methoxy groups -OCH3 is 1. The summed E-state index contributed by atoms with van der Waals surface area (Å²) in [5.74, 6) is 2.21. The van der Waals surface area contributed by atoms with Crippen LogP contribution in [0.4, 0.5) is 0 Å². The molecule has 0 unspecified atom stereocenters. The summed E-state index contributed by atoms with van der Waals surface area (Å²) in [6.45, 7) is 9.17. The third-order valence-electron chi connectivity index (χ3n) is 3.61. The molecule has 0 atom stereocenters. The fraction of sp³-hybridized carbons (Fsp3) is 0.684. The highest BCUT2D eigenvalue weighted by Crippen LogP contribution is 2.31. The maximum atomic E-state index is 5.97. The van der Waals surface area contributed by atoms with Crippen LogP contribution in [0.2, 0.25) is 0 Å². The first kappa shape index (κ1) is 18.8. The third kappa shape index (κ3) is 7.17. The van der Waals surface area contributed by atoms with Crippen LogP contribution < -0.4 is 14.8 Å². The molecule has 0 spiro atoms. The average Bonchev–Trinajstić information content (AvgIpc) is 2.52. The molecule has 3 heteroatoms. The van der Waals surface area contributed by atoms with Crippen molar-refractivity contribution in [3.8, 4) is 11.5 Å². The van der Waals surface area contributed by atoms with E-state index in [1.807, 2.05) is 12.1 Å². The smallest absolute Gasteiger partial charge is 0.165 e. The number of nitrogens with one attached hydrogen (secondary N) is 1. The van der Waals surface area contributed by atoms with E-state index in [1.54, 1.807) is 7.11 Å². The van der Waals surface area contributed by atoms with Gasteiger partial charge in [0.25, 0.3) is 0 Å². The molecule has 0 bridgehead atoms. The van der Waals surface area contributed by atoms with Crippen LogP contribution in [-0.2, 0) is 6.54 Å². The van der Waals surface area contributed by atoms with Gasteiger partial charge in [0.2, 0.25) is 0 Å². The summed E-state index contributed by atoms with van der Waals surface area (Å²) < 4.78 is 11.4. The Morgan fingerprint density at radius 2 is 1.86 bits per heavy atom. The fourth-order valence-electron chi connectivity index (χ4n) is 2.35. The maximum absolute atomic E-state index is 5.97. The van der Waals surface area contributed by atoms with E-state index in [9.17, 15) is 0 Å². The molecule has 0 saturated heterocycles. The van der Waals surface area contributed by atoms with Crippen LogP contribution in [0.5, 0.6) is 11.5 Å². The van der Waals surface area contributed by atoms with Gasteiger partial charge in [-0.1, -0.05) is 58.6 Å². The van der Waals surface area contributed by atoms with E-state index in [0.29, 0.717) is 12.5 Å². The summed E-state index contributed by atoms with van der Waals surface area (Å²) in [5.41, 5.74) is 1.17. The monoisotopic (exact) mass is 307 g/mol. The molecular weight excluding hydrogens is 274 g/mol. The van der Waals surface area contributed by atoms with Crippen molar-refractivity contribution in [1.29, 1.82) is 0 Å². The second-order valence-corrected chi connectivity index (χ2v) is 6.24. The summed E-state index contributed by atoms with van der Waals surface area (Å²) >= 11 is 0. The van der Waals surface area contributed by atoms with Gasteiger partial charge in [-0.05, 0) is 24.9 Å². The minimum atomic E-state index is 0.504. The predicted molar refractivity (Wildman–Crippen MR) is 93.8 cm³/mol. The highest BCUT2D eigenvalue weighted by Gasteiger charge is 2.11. The topological polar surface area (TPSA) is 30.5 Å². The van der Waals surface area contributed by atoms with Gasteiger partial charge >= 0.3 is 0 Å². The maximum Gasteiger partial charge on any atom is 0.165 e. The normalized spacial score (nSPS) is 11.0. The zero-order valence-electron chi connectivity index (χ0n) is 14.8. The highest BCUT2D eigenvalue weighted by molar-refractivity contribution is 5.46. The summed E-state index contributed by atoms with van der Waals surface area (Å²) in [4.78, 5) is 0. The molecule has 0 aromatic heterocycles. The number of para-hydroxylation sites is 1. The molecule has 1 aromatic carbocycles. The molecule has 0 fully saturated rings. The van der Waals surface area contributed by atoms with E-state index in [2.05, 4.69) is 32.2 Å². The van der Waals surface area contributed by atoms with Crippen LogP contribution in [0.25, 0.3) is 0 Å². The van der Waals surface area contributed by atoms with Gasteiger partial charge in [0.15, 0.2) is 11.5 Å². The van der Waals surface area contributed by atoms with Gasteiger partial charge < -0.3 is 14.8 Å². The zero-order valence-corrected chi connectivity index (χ0v) is 14.8. The van der Waals surface area contributed by atoms with Crippen LogP contribution in [0.15, 0.2) is 18.2 Å². The van der Waals surface area contributed by atoms with Gasteiger partial charge in [-0.25, -0.2) is 0 Å². The van der Waals surface area contributed by atoms with E-state index in [4.69, 9.17) is 9.47 Å². The van der Waals surface area contributed by atoms with Crippen LogP contribution in [0, 0.1) is 5.92 Å². The molecular formula is C19H33NO2. The van der Waals surface area contributed by atoms with E-state index >= 15 is 0 Å².